The quantitative estimate of drug-likeness (QED) is 0.766. The fourth-order valence-electron chi connectivity index (χ4n) is 5.16. The maximum Gasteiger partial charge on any atom is -0.00462 e. The van der Waals surface area contributed by atoms with Crippen molar-refractivity contribution in [1.82, 2.24) is 5.32 Å². The SMILES string of the molecule is CC1CCC(C2CCC(C3CCNCC3)CC2)CC1. The van der Waals surface area contributed by atoms with E-state index in [0.717, 1.165) is 29.6 Å². The average molecular weight is 263 g/mol. The Hall–Kier alpha value is -0.0400. The van der Waals surface area contributed by atoms with Crippen LogP contribution in [0.2, 0.25) is 0 Å². The lowest BCUT2D eigenvalue weighted by Crippen LogP contribution is -2.34. The van der Waals surface area contributed by atoms with Crippen LogP contribution in [0, 0.1) is 29.6 Å². The molecule has 1 aliphatic heterocycles. The van der Waals surface area contributed by atoms with Crippen LogP contribution in [0.15, 0.2) is 0 Å². The van der Waals surface area contributed by atoms with E-state index in [9.17, 15) is 0 Å². The van der Waals surface area contributed by atoms with Gasteiger partial charge < -0.3 is 5.32 Å². The molecule has 0 aromatic heterocycles. The molecule has 0 spiro atoms. The second kappa shape index (κ2) is 6.61. The van der Waals surface area contributed by atoms with E-state index in [1.54, 1.807) is 38.5 Å². The molecule has 0 atom stereocenters. The minimum atomic E-state index is 1.02. The Balaban J connectivity index is 1.44. The zero-order valence-electron chi connectivity index (χ0n) is 12.9. The summed E-state index contributed by atoms with van der Waals surface area (Å²) in [7, 11) is 0. The van der Waals surface area contributed by atoms with Crippen molar-refractivity contribution in [2.75, 3.05) is 13.1 Å². The van der Waals surface area contributed by atoms with Crippen molar-refractivity contribution in [2.24, 2.45) is 29.6 Å². The fourth-order valence-corrected chi connectivity index (χ4v) is 5.16. The zero-order valence-corrected chi connectivity index (χ0v) is 12.9. The molecule has 0 aromatic rings. The summed E-state index contributed by atoms with van der Waals surface area (Å²) < 4.78 is 0. The van der Waals surface area contributed by atoms with Gasteiger partial charge in [0.15, 0.2) is 0 Å². The first-order valence-corrected chi connectivity index (χ1v) is 9.03. The molecule has 0 aromatic carbocycles. The molecule has 3 aliphatic rings. The molecule has 0 unspecified atom stereocenters. The molecule has 2 saturated carbocycles. The Morgan fingerprint density at radius 1 is 0.526 bits per heavy atom. The van der Waals surface area contributed by atoms with Crippen LogP contribution in [-0.4, -0.2) is 13.1 Å². The van der Waals surface area contributed by atoms with Crippen LogP contribution in [-0.2, 0) is 0 Å². The van der Waals surface area contributed by atoms with Crippen LogP contribution >= 0.6 is 0 Å². The van der Waals surface area contributed by atoms with E-state index in [0.29, 0.717) is 0 Å². The lowest BCUT2D eigenvalue weighted by Gasteiger charge is -2.40. The molecule has 1 heteroatoms. The number of hydrogen-bond donors (Lipinski definition) is 1. The van der Waals surface area contributed by atoms with E-state index >= 15 is 0 Å². The summed E-state index contributed by atoms with van der Waals surface area (Å²) in [6.07, 6.45) is 15.3. The van der Waals surface area contributed by atoms with E-state index in [-0.39, 0.29) is 0 Å². The average Bonchev–Trinajstić information content (AvgIpc) is 2.49. The number of nitrogens with one attached hydrogen (secondary N) is 1. The van der Waals surface area contributed by atoms with Gasteiger partial charge in [0.1, 0.15) is 0 Å². The summed E-state index contributed by atoms with van der Waals surface area (Å²) in [5.41, 5.74) is 0. The molecule has 0 amide bonds. The van der Waals surface area contributed by atoms with Crippen LogP contribution in [0.3, 0.4) is 0 Å². The molecule has 3 rings (SSSR count). The molecule has 110 valence electrons. The third-order valence-corrected chi connectivity index (χ3v) is 6.59. The minimum Gasteiger partial charge on any atom is -0.317 e. The first kappa shape index (κ1) is 13.9. The van der Waals surface area contributed by atoms with Crippen LogP contribution in [0.1, 0.15) is 71.1 Å². The zero-order chi connectivity index (χ0) is 13.1. The van der Waals surface area contributed by atoms with Crippen LogP contribution < -0.4 is 5.32 Å². The first-order valence-electron chi connectivity index (χ1n) is 9.03. The highest BCUT2D eigenvalue weighted by molar-refractivity contribution is 4.84. The van der Waals surface area contributed by atoms with Crippen molar-refractivity contribution in [3.8, 4) is 0 Å². The molecule has 3 fully saturated rings. The molecule has 0 bridgehead atoms. The molecule has 2 aliphatic carbocycles. The molecule has 19 heavy (non-hydrogen) atoms. The summed E-state index contributed by atoms with van der Waals surface area (Å²) in [5.74, 6) is 5.37. The van der Waals surface area contributed by atoms with E-state index in [1.807, 2.05) is 0 Å². The van der Waals surface area contributed by atoms with Gasteiger partial charge in [-0.25, -0.2) is 0 Å². The summed E-state index contributed by atoms with van der Waals surface area (Å²) in [6.45, 7) is 5.01. The second-order valence-corrected chi connectivity index (χ2v) is 7.78. The summed E-state index contributed by atoms with van der Waals surface area (Å²) >= 11 is 0. The predicted octanol–water partition coefficient (Wildman–Crippen LogP) is 4.62. The number of piperidine rings is 1. The maximum atomic E-state index is 3.52. The predicted molar refractivity (Wildman–Crippen MR) is 82.2 cm³/mol. The molecule has 1 saturated heterocycles. The molecule has 1 nitrogen and oxygen atoms in total. The van der Waals surface area contributed by atoms with Crippen molar-refractivity contribution in [1.29, 1.82) is 0 Å². The van der Waals surface area contributed by atoms with Gasteiger partial charge >= 0.3 is 0 Å². The van der Waals surface area contributed by atoms with Crippen molar-refractivity contribution in [2.45, 2.75) is 71.1 Å². The van der Waals surface area contributed by atoms with E-state index in [2.05, 4.69) is 12.2 Å². The van der Waals surface area contributed by atoms with Gasteiger partial charge in [-0.05, 0) is 94.0 Å². The van der Waals surface area contributed by atoms with Gasteiger partial charge in [-0.1, -0.05) is 19.8 Å². The Morgan fingerprint density at radius 3 is 1.37 bits per heavy atom. The summed E-state index contributed by atoms with van der Waals surface area (Å²) in [6, 6.07) is 0. The van der Waals surface area contributed by atoms with Crippen LogP contribution in [0.25, 0.3) is 0 Å². The van der Waals surface area contributed by atoms with Crippen LogP contribution in [0.5, 0.6) is 0 Å². The Morgan fingerprint density at radius 2 is 0.895 bits per heavy atom. The van der Waals surface area contributed by atoms with Crippen molar-refractivity contribution in [3.63, 3.8) is 0 Å². The van der Waals surface area contributed by atoms with Crippen LogP contribution in [0.4, 0.5) is 0 Å². The summed E-state index contributed by atoms with van der Waals surface area (Å²) in [4.78, 5) is 0. The topological polar surface area (TPSA) is 12.0 Å². The van der Waals surface area contributed by atoms with Gasteiger partial charge in [0.2, 0.25) is 0 Å². The van der Waals surface area contributed by atoms with Gasteiger partial charge in [0, 0.05) is 0 Å². The third-order valence-electron chi connectivity index (χ3n) is 6.59. The van der Waals surface area contributed by atoms with E-state index < -0.39 is 0 Å². The Kier molecular flexibility index (Phi) is 4.84. The second-order valence-electron chi connectivity index (χ2n) is 7.78. The summed E-state index contributed by atoms with van der Waals surface area (Å²) in [5, 5.41) is 3.52. The van der Waals surface area contributed by atoms with E-state index in [1.165, 1.54) is 38.8 Å². The largest absolute Gasteiger partial charge is 0.317 e. The van der Waals surface area contributed by atoms with Gasteiger partial charge in [-0.15, -0.1) is 0 Å². The van der Waals surface area contributed by atoms with Gasteiger partial charge in [-0.2, -0.15) is 0 Å². The molecular formula is C18H33N. The molecule has 1 heterocycles. The normalized spacial score (nSPS) is 42.2. The highest BCUT2D eigenvalue weighted by Gasteiger charge is 2.32. The highest BCUT2D eigenvalue weighted by Crippen LogP contribution is 2.43. The van der Waals surface area contributed by atoms with Gasteiger partial charge in [0.25, 0.3) is 0 Å². The van der Waals surface area contributed by atoms with Crippen molar-refractivity contribution < 1.29 is 0 Å². The van der Waals surface area contributed by atoms with Gasteiger partial charge in [-0.3, -0.25) is 0 Å². The lowest BCUT2D eigenvalue weighted by molar-refractivity contribution is 0.117. The Labute approximate surface area is 119 Å². The smallest absolute Gasteiger partial charge is 0.00462 e. The number of rotatable bonds is 2. The first-order chi connectivity index (χ1) is 9.33. The molecule has 0 radical (unpaired) electrons. The van der Waals surface area contributed by atoms with Crippen molar-refractivity contribution in [3.05, 3.63) is 0 Å². The van der Waals surface area contributed by atoms with E-state index in [4.69, 9.17) is 0 Å². The highest BCUT2D eigenvalue weighted by atomic mass is 14.9. The standard InChI is InChI=1S/C18H33N/c1-14-2-4-15(5-3-14)16-6-8-17(9-7-16)18-10-12-19-13-11-18/h14-19H,2-13H2,1H3. The number of hydrogen-bond acceptors (Lipinski definition) is 1. The lowest BCUT2D eigenvalue weighted by atomic mass is 9.66. The fraction of sp³-hybridized carbons (Fsp3) is 1.00. The van der Waals surface area contributed by atoms with Gasteiger partial charge in [0.05, 0.1) is 0 Å². The Bertz CT molecular complexity index is 253. The molecule has 1 N–H and O–H groups in total. The minimum absolute atomic E-state index is 1.02. The maximum absolute atomic E-state index is 3.52. The monoisotopic (exact) mass is 263 g/mol. The third kappa shape index (κ3) is 3.54. The molecular weight excluding hydrogens is 230 g/mol. The van der Waals surface area contributed by atoms with Crippen molar-refractivity contribution >= 4 is 0 Å².